The largest absolute Gasteiger partial charge is 0.336 e. The van der Waals surface area contributed by atoms with Gasteiger partial charge in [-0.25, -0.2) is 0 Å². The number of amides is 1. The van der Waals surface area contributed by atoms with Gasteiger partial charge in [0.05, 0.1) is 0 Å². The van der Waals surface area contributed by atoms with Crippen LogP contribution < -0.4 is 0 Å². The number of pyridine rings is 1. The molecule has 27 heavy (non-hydrogen) atoms. The number of nitrogens with one attached hydrogen (secondary N) is 1. The fraction of sp³-hybridized carbons (Fsp3) is 0.571. The number of H-pyrrole nitrogens is 1. The second kappa shape index (κ2) is 9.13. The third-order valence-electron chi connectivity index (χ3n) is 5.23. The van der Waals surface area contributed by atoms with Crippen molar-refractivity contribution in [2.45, 2.75) is 45.6 Å². The Hall–Kier alpha value is -2.21. The molecule has 0 radical (unpaired) electrons. The second-order valence-corrected chi connectivity index (χ2v) is 7.98. The maximum atomic E-state index is 12.9. The predicted molar refractivity (Wildman–Crippen MR) is 107 cm³/mol. The van der Waals surface area contributed by atoms with Gasteiger partial charge in [-0.2, -0.15) is 5.10 Å². The average molecular weight is 370 g/mol. The molecule has 0 aromatic carbocycles. The number of aromatic nitrogens is 3. The van der Waals surface area contributed by atoms with Gasteiger partial charge >= 0.3 is 0 Å². The maximum absolute atomic E-state index is 12.9. The number of likely N-dealkylation sites (N-methyl/N-ethyl adjacent to an activating group) is 1. The monoisotopic (exact) mass is 369 g/mol. The highest BCUT2D eigenvalue weighted by molar-refractivity contribution is 5.92. The van der Waals surface area contributed by atoms with E-state index in [1.807, 2.05) is 29.3 Å². The molecule has 1 unspecified atom stereocenters. The quantitative estimate of drug-likeness (QED) is 0.815. The van der Waals surface area contributed by atoms with E-state index in [9.17, 15) is 4.79 Å². The van der Waals surface area contributed by atoms with Crippen LogP contribution >= 0.6 is 0 Å². The summed E-state index contributed by atoms with van der Waals surface area (Å²) in [4.78, 5) is 21.6. The van der Waals surface area contributed by atoms with Crippen LogP contribution in [0.5, 0.6) is 0 Å². The van der Waals surface area contributed by atoms with E-state index in [0.717, 1.165) is 56.7 Å². The molecule has 1 N–H and O–H groups in total. The van der Waals surface area contributed by atoms with Crippen molar-refractivity contribution in [1.29, 1.82) is 0 Å². The summed E-state index contributed by atoms with van der Waals surface area (Å²) in [5.41, 5.74) is 2.69. The van der Waals surface area contributed by atoms with Gasteiger partial charge in [-0.1, -0.05) is 19.9 Å². The van der Waals surface area contributed by atoms with Gasteiger partial charge in [0, 0.05) is 49.7 Å². The summed E-state index contributed by atoms with van der Waals surface area (Å²) in [7, 11) is 2.15. The molecule has 0 aliphatic carbocycles. The first kappa shape index (κ1) is 19.5. The van der Waals surface area contributed by atoms with Crippen LogP contribution in [0.1, 0.15) is 48.6 Å². The van der Waals surface area contributed by atoms with Gasteiger partial charge < -0.3 is 9.80 Å². The first-order chi connectivity index (χ1) is 13.0. The number of hydrogen-bond donors (Lipinski definition) is 1. The molecule has 1 amide bonds. The molecule has 3 heterocycles. The summed E-state index contributed by atoms with van der Waals surface area (Å²) in [6, 6.07) is 8.34. The number of rotatable bonds is 7. The van der Waals surface area contributed by atoms with E-state index in [1.165, 1.54) is 0 Å². The van der Waals surface area contributed by atoms with E-state index in [4.69, 9.17) is 0 Å². The van der Waals surface area contributed by atoms with Crippen molar-refractivity contribution in [2.24, 2.45) is 5.92 Å². The highest BCUT2D eigenvalue weighted by Crippen LogP contribution is 2.18. The van der Waals surface area contributed by atoms with Crippen LogP contribution in [-0.2, 0) is 12.8 Å². The Labute approximate surface area is 162 Å². The SMILES string of the molecule is CC(C)Cc1cc(C(=O)N2CCCC(N(C)CCc3ccccn3)C2)n[nH]1. The Bertz CT molecular complexity index is 727. The Balaban J connectivity index is 1.55. The highest BCUT2D eigenvalue weighted by Gasteiger charge is 2.28. The fourth-order valence-corrected chi connectivity index (χ4v) is 3.70. The molecule has 0 saturated carbocycles. The number of aromatic amines is 1. The third kappa shape index (κ3) is 5.39. The van der Waals surface area contributed by atoms with Gasteiger partial charge in [0.25, 0.3) is 5.91 Å². The van der Waals surface area contributed by atoms with Gasteiger partial charge in [-0.05, 0) is 50.4 Å². The van der Waals surface area contributed by atoms with Crippen molar-refractivity contribution in [3.63, 3.8) is 0 Å². The molecule has 1 aliphatic rings. The molecule has 1 atom stereocenters. The molecule has 0 spiro atoms. The average Bonchev–Trinajstić information content (AvgIpc) is 3.14. The minimum atomic E-state index is 0.0454. The van der Waals surface area contributed by atoms with Crippen LogP contribution in [0.15, 0.2) is 30.5 Å². The minimum Gasteiger partial charge on any atom is -0.336 e. The standard InChI is InChI=1S/C21H31N5O/c1-16(2)13-18-14-20(24-23-18)21(27)26-11-6-8-19(15-26)25(3)12-9-17-7-4-5-10-22-17/h4-5,7,10,14,16,19H,6,8-9,11-13,15H2,1-3H3,(H,23,24). The number of carbonyl (C=O) groups excluding carboxylic acids is 1. The lowest BCUT2D eigenvalue weighted by molar-refractivity contribution is 0.0605. The molecule has 6 heteroatoms. The van der Waals surface area contributed by atoms with Gasteiger partial charge in [0.2, 0.25) is 0 Å². The topological polar surface area (TPSA) is 65.1 Å². The summed E-state index contributed by atoms with van der Waals surface area (Å²) >= 11 is 0. The number of likely N-dealkylation sites (tertiary alicyclic amines) is 1. The number of carbonyl (C=O) groups is 1. The summed E-state index contributed by atoms with van der Waals surface area (Å²) in [5.74, 6) is 0.588. The van der Waals surface area contributed by atoms with Gasteiger partial charge in [-0.15, -0.1) is 0 Å². The van der Waals surface area contributed by atoms with Crippen LogP contribution in [-0.4, -0.2) is 63.6 Å². The van der Waals surface area contributed by atoms with E-state index in [1.54, 1.807) is 0 Å². The zero-order valence-corrected chi connectivity index (χ0v) is 16.7. The molecule has 6 nitrogen and oxygen atoms in total. The van der Waals surface area contributed by atoms with Crippen molar-refractivity contribution in [3.8, 4) is 0 Å². The first-order valence-electron chi connectivity index (χ1n) is 9.96. The van der Waals surface area contributed by atoms with Crippen LogP contribution in [0.2, 0.25) is 0 Å². The van der Waals surface area contributed by atoms with Crippen molar-refractivity contribution < 1.29 is 4.79 Å². The summed E-state index contributed by atoms with van der Waals surface area (Å²) in [6.07, 6.45) is 5.85. The van der Waals surface area contributed by atoms with E-state index < -0.39 is 0 Å². The molecule has 1 aliphatic heterocycles. The zero-order chi connectivity index (χ0) is 19.2. The maximum Gasteiger partial charge on any atom is 0.274 e. The smallest absolute Gasteiger partial charge is 0.274 e. The van der Waals surface area contributed by atoms with Crippen LogP contribution in [0.25, 0.3) is 0 Å². The van der Waals surface area contributed by atoms with Crippen molar-refractivity contribution in [1.82, 2.24) is 25.0 Å². The molecule has 1 fully saturated rings. The molecular formula is C21H31N5O. The Morgan fingerprint density at radius 2 is 2.26 bits per heavy atom. The summed E-state index contributed by atoms with van der Waals surface area (Å²) in [6.45, 7) is 6.86. The third-order valence-corrected chi connectivity index (χ3v) is 5.23. The van der Waals surface area contributed by atoms with E-state index in [-0.39, 0.29) is 5.91 Å². The minimum absolute atomic E-state index is 0.0454. The van der Waals surface area contributed by atoms with Crippen LogP contribution in [0.3, 0.4) is 0 Å². The summed E-state index contributed by atoms with van der Waals surface area (Å²) in [5, 5.41) is 7.27. The fourth-order valence-electron chi connectivity index (χ4n) is 3.70. The number of piperidine rings is 1. The van der Waals surface area contributed by atoms with Crippen molar-refractivity contribution in [2.75, 3.05) is 26.7 Å². The lowest BCUT2D eigenvalue weighted by atomic mass is 10.0. The van der Waals surface area contributed by atoms with Gasteiger partial charge in [0.1, 0.15) is 5.69 Å². The summed E-state index contributed by atoms with van der Waals surface area (Å²) < 4.78 is 0. The van der Waals surface area contributed by atoms with Crippen molar-refractivity contribution in [3.05, 3.63) is 47.5 Å². The number of hydrogen-bond acceptors (Lipinski definition) is 4. The highest BCUT2D eigenvalue weighted by atomic mass is 16.2. The van der Waals surface area contributed by atoms with Gasteiger partial charge in [-0.3, -0.25) is 14.9 Å². The Kier molecular flexibility index (Phi) is 6.61. The predicted octanol–water partition coefficient (Wildman–Crippen LogP) is 2.78. The molecule has 2 aromatic heterocycles. The van der Waals surface area contributed by atoms with E-state index >= 15 is 0 Å². The van der Waals surface area contributed by atoms with Gasteiger partial charge in [0.15, 0.2) is 0 Å². The normalized spacial score (nSPS) is 17.7. The molecule has 3 rings (SSSR count). The lowest BCUT2D eigenvalue weighted by Gasteiger charge is -2.37. The molecule has 146 valence electrons. The Morgan fingerprint density at radius 3 is 3.00 bits per heavy atom. The molecular weight excluding hydrogens is 338 g/mol. The van der Waals surface area contributed by atoms with Crippen LogP contribution in [0, 0.1) is 5.92 Å². The van der Waals surface area contributed by atoms with E-state index in [2.05, 4.69) is 47.0 Å². The molecule has 2 aromatic rings. The molecule has 0 bridgehead atoms. The van der Waals surface area contributed by atoms with Crippen LogP contribution in [0.4, 0.5) is 0 Å². The lowest BCUT2D eigenvalue weighted by Crippen LogP contribution is -2.49. The first-order valence-corrected chi connectivity index (χ1v) is 9.96. The van der Waals surface area contributed by atoms with Crippen molar-refractivity contribution >= 4 is 5.91 Å². The Morgan fingerprint density at radius 1 is 1.41 bits per heavy atom. The number of nitrogens with zero attached hydrogens (tertiary/aromatic N) is 4. The van der Waals surface area contributed by atoms with E-state index in [0.29, 0.717) is 17.7 Å². The second-order valence-electron chi connectivity index (χ2n) is 7.98. The molecule has 1 saturated heterocycles. The zero-order valence-electron chi connectivity index (χ0n) is 16.7.